The minimum Gasteiger partial charge on any atom is -0.449 e. The second-order valence-corrected chi connectivity index (χ2v) is 6.79. The van der Waals surface area contributed by atoms with Crippen molar-refractivity contribution in [2.75, 3.05) is 17.2 Å². The molecule has 0 spiro atoms. The zero-order chi connectivity index (χ0) is 18.9. The van der Waals surface area contributed by atoms with Crippen molar-refractivity contribution in [1.29, 1.82) is 0 Å². The van der Waals surface area contributed by atoms with E-state index in [2.05, 4.69) is 33.5 Å². The van der Waals surface area contributed by atoms with Crippen molar-refractivity contribution in [2.45, 2.75) is 32.8 Å². The first-order chi connectivity index (χ1) is 12.5. The van der Waals surface area contributed by atoms with E-state index in [9.17, 15) is 9.59 Å². The number of esters is 1. The number of benzene rings is 2. The second-order valence-electron chi connectivity index (χ2n) is 5.87. The van der Waals surface area contributed by atoms with Crippen LogP contribution in [-0.4, -0.2) is 24.5 Å². The molecular formula is C20H23BrN2O3. The molecule has 2 N–H and O–H groups in total. The number of unbranched alkanes of at least 4 members (excludes halogenated alkanes) is 1. The highest BCUT2D eigenvalue weighted by molar-refractivity contribution is 9.10. The Morgan fingerprint density at radius 1 is 1.12 bits per heavy atom. The van der Waals surface area contributed by atoms with Gasteiger partial charge in [-0.2, -0.15) is 0 Å². The van der Waals surface area contributed by atoms with Gasteiger partial charge in [0.15, 0.2) is 6.10 Å². The van der Waals surface area contributed by atoms with Gasteiger partial charge in [-0.15, -0.1) is 0 Å². The van der Waals surface area contributed by atoms with Gasteiger partial charge < -0.3 is 15.4 Å². The summed E-state index contributed by atoms with van der Waals surface area (Å²) in [6.45, 7) is 4.44. The van der Waals surface area contributed by atoms with E-state index in [1.54, 1.807) is 31.2 Å². The van der Waals surface area contributed by atoms with Crippen LogP contribution in [0.25, 0.3) is 0 Å². The van der Waals surface area contributed by atoms with Gasteiger partial charge in [0, 0.05) is 22.4 Å². The minimum absolute atomic E-state index is 0.378. The number of anilines is 2. The summed E-state index contributed by atoms with van der Waals surface area (Å²) in [4.78, 5) is 24.7. The topological polar surface area (TPSA) is 67.4 Å². The molecule has 0 saturated carbocycles. The minimum atomic E-state index is -0.908. The Bertz CT molecular complexity index is 747. The Hall–Kier alpha value is -2.34. The maximum atomic E-state index is 12.5. The third-order valence-corrected chi connectivity index (χ3v) is 4.29. The Morgan fingerprint density at radius 3 is 2.50 bits per heavy atom. The van der Waals surface area contributed by atoms with Crippen LogP contribution >= 0.6 is 15.9 Å². The van der Waals surface area contributed by atoms with E-state index < -0.39 is 12.1 Å². The van der Waals surface area contributed by atoms with E-state index in [1.807, 2.05) is 24.3 Å². The normalized spacial score (nSPS) is 11.5. The molecule has 0 saturated heterocycles. The third kappa shape index (κ3) is 5.88. The number of hydrogen-bond acceptors (Lipinski definition) is 4. The Balaban J connectivity index is 1.97. The lowest BCUT2D eigenvalue weighted by molar-refractivity contribution is -0.123. The number of ether oxygens (including phenoxy) is 1. The fourth-order valence-corrected chi connectivity index (χ4v) is 2.53. The third-order valence-electron chi connectivity index (χ3n) is 3.76. The van der Waals surface area contributed by atoms with Crippen LogP contribution in [0.4, 0.5) is 11.4 Å². The predicted molar refractivity (Wildman–Crippen MR) is 107 cm³/mol. The smallest absolute Gasteiger partial charge is 0.341 e. The molecule has 138 valence electrons. The van der Waals surface area contributed by atoms with Crippen LogP contribution in [-0.2, 0) is 9.53 Å². The van der Waals surface area contributed by atoms with Crippen LogP contribution in [0.2, 0.25) is 0 Å². The van der Waals surface area contributed by atoms with Crippen LogP contribution in [0, 0.1) is 0 Å². The molecule has 0 unspecified atom stereocenters. The van der Waals surface area contributed by atoms with E-state index >= 15 is 0 Å². The van der Waals surface area contributed by atoms with Crippen molar-refractivity contribution >= 4 is 39.2 Å². The van der Waals surface area contributed by atoms with Crippen LogP contribution in [0.3, 0.4) is 0 Å². The molecule has 1 amide bonds. The van der Waals surface area contributed by atoms with E-state index in [1.165, 1.54) is 0 Å². The highest BCUT2D eigenvalue weighted by Crippen LogP contribution is 2.18. The van der Waals surface area contributed by atoms with Gasteiger partial charge in [-0.25, -0.2) is 4.79 Å². The average molecular weight is 419 g/mol. The maximum absolute atomic E-state index is 12.5. The van der Waals surface area contributed by atoms with Crippen molar-refractivity contribution in [3.63, 3.8) is 0 Å². The summed E-state index contributed by atoms with van der Waals surface area (Å²) in [5, 5.41) is 5.97. The zero-order valence-electron chi connectivity index (χ0n) is 14.9. The lowest BCUT2D eigenvalue weighted by atomic mass is 10.1. The first-order valence-electron chi connectivity index (χ1n) is 8.61. The molecule has 0 aliphatic heterocycles. The summed E-state index contributed by atoms with van der Waals surface area (Å²) < 4.78 is 6.26. The Labute approximate surface area is 162 Å². The van der Waals surface area contributed by atoms with Gasteiger partial charge in [0.2, 0.25) is 0 Å². The number of rotatable bonds is 8. The lowest BCUT2D eigenvalue weighted by Gasteiger charge is -2.16. The molecule has 0 aliphatic carbocycles. The van der Waals surface area contributed by atoms with Crippen molar-refractivity contribution in [3.05, 3.63) is 58.6 Å². The molecule has 0 heterocycles. The molecule has 6 heteroatoms. The number of para-hydroxylation sites is 1. The van der Waals surface area contributed by atoms with Crippen molar-refractivity contribution < 1.29 is 14.3 Å². The van der Waals surface area contributed by atoms with Gasteiger partial charge >= 0.3 is 5.97 Å². The molecule has 0 radical (unpaired) electrons. The van der Waals surface area contributed by atoms with Crippen molar-refractivity contribution in [2.24, 2.45) is 0 Å². The summed E-state index contributed by atoms with van der Waals surface area (Å²) in [5.41, 5.74) is 1.78. The van der Waals surface area contributed by atoms with Gasteiger partial charge in [0.1, 0.15) is 0 Å². The number of hydrogen-bond donors (Lipinski definition) is 2. The molecule has 1 atom stereocenters. The number of nitrogens with one attached hydrogen (secondary N) is 2. The highest BCUT2D eigenvalue weighted by Gasteiger charge is 2.20. The average Bonchev–Trinajstić information content (AvgIpc) is 2.64. The summed E-state index contributed by atoms with van der Waals surface area (Å²) in [6, 6.07) is 14.3. The molecule has 0 aliphatic rings. The fraction of sp³-hybridized carbons (Fsp3) is 0.300. The first-order valence-corrected chi connectivity index (χ1v) is 9.41. The standard InChI is InChI=1S/C20H23BrN2O3/c1-3-4-13-22-18-8-6-5-7-17(18)20(25)26-14(2)19(24)23-16-11-9-15(21)10-12-16/h5-12,14,22H,3-4,13H2,1-2H3,(H,23,24)/t14-/m0/s1. The highest BCUT2D eigenvalue weighted by atomic mass is 79.9. The summed E-state index contributed by atoms with van der Waals surface area (Å²) in [6.07, 6.45) is 1.16. The molecule has 5 nitrogen and oxygen atoms in total. The number of carbonyl (C=O) groups is 2. The van der Waals surface area contributed by atoms with Crippen molar-refractivity contribution in [3.8, 4) is 0 Å². The van der Waals surface area contributed by atoms with E-state index in [4.69, 9.17) is 4.74 Å². The molecular weight excluding hydrogens is 396 g/mol. The second kappa shape index (κ2) is 9.97. The van der Waals surface area contributed by atoms with Crippen LogP contribution < -0.4 is 10.6 Å². The largest absolute Gasteiger partial charge is 0.449 e. The molecule has 26 heavy (non-hydrogen) atoms. The predicted octanol–water partition coefficient (Wildman–Crippen LogP) is 4.85. The summed E-state index contributed by atoms with van der Waals surface area (Å²) >= 11 is 3.34. The van der Waals surface area contributed by atoms with E-state index in [0.29, 0.717) is 16.9 Å². The van der Waals surface area contributed by atoms with E-state index in [-0.39, 0.29) is 5.91 Å². The maximum Gasteiger partial charge on any atom is 0.341 e. The lowest BCUT2D eigenvalue weighted by Crippen LogP contribution is -2.30. The Kier molecular flexibility index (Phi) is 7.66. The fourth-order valence-electron chi connectivity index (χ4n) is 2.27. The first kappa shape index (κ1) is 20.0. The quantitative estimate of drug-likeness (QED) is 0.475. The van der Waals surface area contributed by atoms with Gasteiger partial charge in [0.25, 0.3) is 5.91 Å². The molecule has 2 rings (SSSR count). The zero-order valence-corrected chi connectivity index (χ0v) is 16.5. The summed E-state index contributed by atoms with van der Waals surface area (Å²) in [5.74, 6) is -0.903. The van der Waals surface area contributed by atoms with E-state index in [0.717, 1.165) is 23.9 Å². The van der Waals surface area contributed by atoms with Crippen LogP contribution in [0.1, 0.15) is 37.0 Å². The van der Waals surface area contributed by atoms with Gasteiger partial charge in [-0.3, -0.25) is 4.79 Å². The SMILES string of the molecule is CCCCNc1ccccc1C(=O)O[C@@H](C)C(=O)Nc1ccc(Br)cc1. The summed E-state index contributed by atoms with van der Waals surface area (Å²) in [7, 11) is 0. The molecule has 2 aromatic rings. The van der Waals surface area contributed by atoms with Gasteiger partial charge in [-0.1, -0.05) is 41.4 Å². The van der Waals surface area contributed by atoms with Crippen molar-refractivity contribution in [1.82, 2.24) is 0 Å². The Morgan fingerprint density at radius 2 is 1.81 bits per heavy atom. The van der Waals surface area contributed by atoms with Crippen LogP contribution in [0.5, 0.6) is 0 Å². The molecule has 2 aromatic carbocycles. The molecule has 0 bridgehead atoms. The van der Waals surface area contributed by atoms with Crippen LogP contribution in [0.15, 0.2) is 53.0 Å². The molecule has 0 fully saturated rings. The number of halogens is 1. The number of carbonyl (C=O) groups excluding carboxylic acids is 2. The monoisotopic (exact) mass is 418 g/mol. The molecule has 0 aromatic heterocycles. The van der Waals surface area contributed by atoms with Gasteiger partial charge in [0.05, 0.1) is 5.56 Å². The number of amides is 1. The van der Waals surface area contributed by atoms with Gasteiger partial charge in [-0.05, 0) is 49.7 Å².